The van der Waals surface area contributed by atoms with Crippen LogP contribution < -0.4 is 10.6 Å². The van der Waals surface area contributed by atoms with Crippen molar-refractivity contribution in [3.05, 3.63) is 48.0 Å². The number of anilines is 2. The minimum absolute atomic E-state index is 0.0320. The summed E-state index contributed by atoms with van der Waals surface area (Å²) < 4.78 is 0. The minimum Gasteiger partial charge on any atom is -0.360 e. The second kappa shape index (κ2) is 19.1. The molecule has 0 aliphatic carbocycles. The Kier molecular flexibility index (Phi) is 15.8. The number of allylic oxidation sites excluding steroid dienone is 2. The summed E-state index contributed by atoms with van der Waals surface area (Å²) in [6.45, 7) is 3.06. The Morgan fingerprint density at radius 3 is 2.15 bits per heavy atom. The summed E-state index contributed by atoms with van der Waals surface area (Å²) in [6.07, 6.45) is 22.6. The van der Waals surface area contributed by atoms with Gasteiger partial charge in [0.25, 0.3) is 0 Å². The van der Waals surface area contributed by atoms with Crippen LogP contribution in [0.4, 0.5) is 10.3 Å². The van der Waals surface area contributed by atoms with Gasteiger partial charge in [0, 0.05) is 13.0 Å². The number of nitrogens with one attached hydrogen (secondary N) is 2. The molecule has 0 saturated heterocycles. The first kappa shape index (κ1) is 28.0. The molecule has 1 heterocycles. The third kappa shape index (κ3) is 14.1. The van der Waals surface area contributed by atoms with E-state index in [4.69, 9.17) is 0 Å². The number of benzene rings is 1. The lowest BCUT2D eigenvalue weighted by atomic mass is 10.1. The molecule has 2 aromatic rings. The fraction of sp³-hybridized carbons (Fsp3) is 0.607. The monoisotopic (exact) mass is 484 g/mol. The SMILES string of the molecule is CCCCCCCC/C=C/CCCCCCCC(=O)Nc1nnc(NCCc2ccccc2)s1. The maximum Gasteiger partial charge on any atom is 0.226 e. The van der Waals surface area contributed by atoms with Gasteiger partial charge in [0.2, 0.25) is 16.2 Å². The Balaban J connectivity index is 1.41. The third-order valence-corrected chi connectivity index (χ3v) is 6.67. The highest BCUT2D eigenvalue weighted by Crippen LogP contribution is 2.20. The quantitative estimate of drug-likeness (QED) is 0.147. The molecule has 6 heteroatoms. The van der Waals surface area contributed by atoms with Crippen LogP contribution in [0, 0.1) is 0 Å². The first-order valence-electron chi connectivity index (χ1n) is 13.3. The fourth-order valence-electron chi connectivity index (χ4n) is 3.84. The van der Waals surface area contributed by atoms with E-state index in [-0.39, 0.29) is 5.91 Å². The Morgan fingerprint density at radius 2 is 1.44 bits per heavy atom. The van der Waals surface area contributed by atoms with Gasteiger partial charge in [0.15, 0.2) is 0 Å². The number of carbonyl (C=O) groups is 1. The van der Waals surface area contributed by atoms with Crippen molar-refractivity contribution in [2.75, 3.05) is 17.2 Å². The first-order chi connectivity index (χ1) is 16.8. The van der Waals surface area contributed by atoms with Crippen molar-refractivity contribution in [2.45, 2.75) is 103 Å². The second-order valence-electron chi connectivity index (χ2n) is 8.96. The van der Waals surface area contributed by atoms with E-state index in [0.717, 1.165) is 30.9 Å². The van der Waals surface area contributed by atoms with Gasteiger partial charge in [-0.05, 0) is 44.1 Å². The summed E-state index contributed by atoms with van der Waals surface area (Å²) in [5.41, 5.74) is 1.29. The molecule has 1 aromatic carbocycles. The molecular formula is C28H44N4OS. The van der Waals surface area contributed by atoms with Crippen LogP contribution >= 0.6 is 11.3 Å². The minimum atomic E-state index is 0.0320. The Morgan fingerprint density at radius 1 is 0.824 bits per heavy atom. The topological polar surface area (TPSA) is 66.9 Å². The molecule has 0 radical (unpaired) electrons. The molecule has 5 nitrogen and oxygen atoms in total. The Bertz CT molecular complexity index is 791. The highest BCUT2D eigenvalue weighted by Gasteiger charge is 2.08. The Hall–Kier alpha value is -2.21. The van der Waals surface area contributed by atoms with Gasteiger partial charge in [-0.25, -0.2) is 0 Å². The van der Waals surface area contributed by atoms with Crippen LogP contribution in [0.25, 0.3) is 0 Å². The van der Waals surface area contributed by atoms with Crippen molar-refractivity contribution in [3.8, 4) is 0 Å². The molecule has 0 atom stereocenters. The summed E-state index contributed by atoms with van der Waals surface area (Å²) in [6, 6.07) is 10.3. The molecule has 0 unspecified atom stereocenters. The molecular weight excluding hydrogens is 440 g/mol. The normalized spacial score (nSPS) is 11.2. The fourth-order valence-corrected chi connectivity index (χ4v) is 4.53. The molecule has 0 spiro atoms. The van der Waals surface area contributed by atoms with Gasteiger partial charge >= 0.3 is 0 Å². The lowest BCUT2D eigenvalue weighted by Gasteiger charge is -2.02. The highest BCUT2D eigenvalue weighted by atomic mass is 32.1. The van der Waals surface area contributed by atoms with Crippen molar-refractivity contribution < 1.29 is 4.79 Å². The maximum atomic E-state index is 12.2. The van der Waals surface area contributed by atoms with E-state index < -0.39 is 0 Å². The number of hydrogen-bond donors (Lipinski definition) is 2. The van der Waals surface area contributed by atoms with Crippen LogP contribution in [0.1, 0.15) is 102 Å². The average molecular weight is 485 g/mol. The lowest BCUT2D eigenvalue weighted by Crippen LogP contribution is -2.10. The predicted molar refractivity (Wildman–Crippen MR) is 147 cm³/mol. The standard InChI is InChI=1S/C28H44N4OS/c1-2-3-4-5-6-7-8-9-10-11-12-13-14-15-19-22-26(33)30-28-32-31-27(34-28)29-24-23-25-20-17-16-18-21-25/h9-10,16-18,20-21H,2-8,11-15,19,22-24H2,1H3,(H,29,31)(H,30,32,33)/b10-9+. The second-order valence-corrected chi connectivity index (χ2v) is 9.93. The van der Waals surface area contributed by atoms with Crippen molar-refractivity contribution in [3.63, 3.8) is 0 Å². The van der Waals surface area contributed by atoms with E-state index in [1.807, 2.05) is 18.2 Å². The maximum absolute atomic E-state index is 12.2. The van der Waals surface area contributed by atoms with Gasteiger partial charge < -0.3 is 10.6 Å². The number of nitrogens with zero attached hydrogens (tertiary/aromatic N) is 2. The van der Waals surface area contributed by atoms with E-state index >= 15 is 0 Å². The highest BCUT2D eigenvalue weighted by molar-refractivity contribution is 7.19. The summed E-state index contributed by atoms with van der Waals surface area (Å²) in [4.78, 5) is 12.2. The van der Waals surface area contributed by atoms with Crippen LogP contribution in [0.3, 0.4) is 0 Å². The van der Waals surface area contributed by atoms with Gasteiger partial charge in [-0.1, -0.05) is 112 Å². The van der Waals surface area contributed by atoms with E-state index in [0.29, 0.717) is 11.6 Å². The number of aromatic nitrogens is 2. The largest absolute Gasteiger partial charge is 0.360 e. The zero-order chi connectivity index (χ0) is 24.1. The lowest BCUT2D eigenvalue weighted by molar-refractivity contribution is -0.116. The average Bonchev–Trinajstić information content (AvgIpc) is 3.29. The zero-order valence-electron chi connectivity index (χ0n) is 21.1. The van der Waals surface area contributed by atoms with Crippen molar-refractivity contribution >= 4 is 27.5 Å². The third-order valence-electron chi connectivity index (χ3n) is 5.87. The first-order valence-corrected chi connectivity index (χ1v) is 14.2. The van der Waals surface area contributed by atoms with Crippen molar-refractivity contribution in [2.24, 2.45) is 0 Å². The van der Waals surface area contributed by atoms with Gasteiger partial charge in [0.1, 0.15) is 0 Å². The van der Waals surface area contributed by atoms with Gasteiger partial charge in [-0.2, -0.15) is 0 Å². The van der Waals surface area contributed by atoms with Gasteiger partial charge in [0.05, 0.1) is 0 Å². The van der Waals surface area contributed by atoms with Crippen LogP contribution in [0.2, 0.25) is 0 Å². The van der Waals surface area contributed by atoms with Crippen LogP contribution in [0.5, 0.6) is 0 Å². The smallest absolute Gasteiger partial charge is 0.226 e. The molecule has 188 valence electrons. The summed E-state index contributed by atoms with van der Waals surface area (Å²) in [7, 11) is 0. The summed E-state index contributed by atoms with van der Waals surface area (Å²) in [5.74, 6) is 0.0320. The van der Waals surface area contributed by atoms with E-state index in [9.17, 15) is 4.79 Å². The summed E-state index contributed by atoms with van der Waals surface area (Å²) in [5, 5.41) is 15.6. The number of amides is 1. The zero-order valence-corrected chi connectivity index (χ0v) is 21.9. The van der Waals surface area contributed by atoms with Gasteiger partial charge in [-0.3, -0.25) is 4.79 Å². The van der Waals surface area contributed by atoms with Crippen LogP contribution in [0.15, 0.2) is 42.5 Å². The molecule has 1 amide bonds. The number of carbonyl (C=O) groups excluding carboxylic acids is 1. The number of rotatable bonds is 20. The number of hydrogen-bond acceptors (Lipinski definition) is 5. The molecule has 0 aliphatic rings. The predicted octanol–water partition coefficient (Wildman–Crippen LogP) is 8.17. The molecule has 1 aromatic heterocycles. The molecule has 0 saturated carbocycles. The van der Waals surface area contributed by atoms with E-state index in [1.165, 1.54) is 87.5 Å². The molecule has 0 bridgehead atoms. The van der Waals surface area contributed by atoms with E-state index in [2.05, 4.69) is 52.0 Å². The molecule has 2 N–H and O–H groups in total. The molecule has 2 rings (SSSR count). The van der Waals surface area contributed by atoms with Crippen molar-refractivity contribution in [1.29, 1.82) is 0 Å². The Labute approximate surface area is 210 Å². The van der Waals surface area contributed by atoms with Crippen LogP contribution in [-0.2, 0) is 11.2 Å². The number of unbranched alkanes of at least 4 members (excludes halogenated alkanes) is 11. The molecule has 0 aliphatic heterocycles. The molecule has 34 heavy (non-hydrogen) atoms. The van der Waals surface area contributed by atoms with E-state index in [1.54, 1.807) is 0 Å². The van der Waals surface area contributed by atoms with Crippen molar-refractivity contribution in [1.82, 2.24) is 10.2 Å². The van der Waals surface area contributed by atoms with Gasteiger partial charge in [-0.15, -0.1) is 10.2 Å². The molecule has 0 fully saturated rings. The van der Waals surface area contributed by atoms with Crippen LogP contribution in [-0.4, -0.2) is 22.6 Å². The summed E-state index contributed by atoms with van der Waals surface area (Å²) >= 11 is 1.39.